The molecule has 0 bridgehead atoms. The van der Waals surface area contributed by atoms with Crippen LogP contribution in [0.2, 0.25) is 0 Å². The maximum absolute atomic E-state index is 12.9. The normalized spacial score (nSPS) is 22.7. The van der Waals surface area contributed by atoms with Crippen molar-refractivity contribution in [1.29, 1.82) is 0 Å². The summed E-state index contributed by atoms with van der Waals surface area (Å²) in [5.41, 5.74) is 0.501. The quantitative estimate of drug-likeness (QED) is 0.840. The van der Waals surface area contributed by atoms with Gasteiger partial charge in [-0.2, -0.15) is 0 Å². The van der Waals surface area contributed by atoms with Gasteiger partial charge in [-0.25, -0.2) is 17.6 Å². The summed E-state index contributed by atoms with van der Waals surface area (Å²) in [5.74, 6) is -0.969. The van der Waals surface area contributed by atoms with E-state index in [0.29, 0.717) is 38.3 Å². The van der Waals surface area contributed by atoms with Crippen LogP contribution in [0.5, 0.6) is 0 Å². The van der Waals surface area contributed by atoms with Crippen molar-refractivity contribution < 1.29 is 22.4 Å². The van der Waals surface area contributed by atoms with Crippen LogP contribution in [0, 0.1) is 11.7 Å². The summed E-state index contributed by atoms with van der Waals surface area (Å²) in [6.45, 7) is 1.51. The molecule has 0 aromatic heterocycles. The largest absolute Gasteiger partial charge is 0.339 e. The van der Waals surface area contributed by atoms with E-state index in [9.17, 15) is 22.4 Å². The first-order chi connectivity index (χ1) is 11.8. The number of carbonyl (C=O) groups excluding carboxylic acids is 2. The minimum atomic E-state index is -3.09. The Labute approximate surface area is 145 Å². The molecule has 2 fully saturated rings. The summed E-state index contributed by atoms with van der Waals surface area (Å²) in [5, 5.41) is 2.69. The van der Waals surface area contributed by atoms with E-state index in [4.69, 9.17) is 0 Å². The maximum atomic E-state index is 12.9. The second-order valence-corrected chi connectivity index (χ2v) is 8.58. The molecule has 0 spiro atoms. The highest BCUT2D eigenvalue weighted by atomic mass is 32.2. The van der Waals surface area contributed by atoms with Crippen molar-refractivity contribution >= 4 is 27.5 Å². The number of anilines is 1. The third-order valence-corrected chi connectivity index (χ3v) is 6.32. The minimum Gasteiger partial charge on any atom is -0.339 e. The van der Waals surface area contributed by atoms with Crippen molar-refractivity contribution in [2.45, 2.75) is 6.42 Å². The molecule has 136 valence electrons. The molecule has 9 heteroatoms. The molecule has 0 radical (unpaired) electrons. The van der Waals surface area contributed by atoms with Gasteiger partial charge in [0.25, 0.3) is 0 Å². The Morgan fingerprint density at radius 1 is 1.04 bits per heavy atom. The van der Waals surface area contributed by atoms with Crippen LogP contribution in [0.25, 0.3) is 0 Å². The first-order valence-electron chi connectivity index (χ1n) is 8.15. The van der Waals surface area contributed by atoms with Crippen LogP contribution in [0.4, 0.5) is 14.9 Å². The first kappa shape index (κ1) is 17.7. The predicted molar refractivity (Wildman–Crippen MR) is 90.3 cm³/mol. The highest BCUT2D eigenvalue weighted by Crippen LogP contribution is 2.21. The van der Waals surface area contributed by atoms with Gasteiger partial charge in [-0.05, 0) is 30.7 Å². The number of hydrogen-bond donors (Lipinski definition) is 1. The van der Waals surface area contributed by atoms with Crippen molar-refractivity contribution in [2.24, 2.45) is 5.92 Å². The number of sulfone groups is 1. The first-order valence-corrected chi connectivity index (χ1v) is 9.97. The number of amides is 3. The van der Waals surface area contributed by atoms with Crippen LogP contribution in [-0.4, -0.2) is 67.8 Å². The molecule has 0 saturated carbocycles. The van der Waals surface area contributed by atoms with E-state index in [0.717, 1.165) is 0 Å². The molecule has 1 N–H and O–H groups in total. The number of hydrogen-bond acceptors (Lipinski definition) is 4. The van der Waals surface area contributed by atoms with E-state index in [1.54, 1.807) is 9.80 Å². The monoisotopic (exact) mass is 369 g/mol. The molecule has 2 aliphatic heterocycles. The lowest BCUT2D eigenvalue weighted by molar-refractivity contribution is -0.136. The molecule has 2 aliphatic rings. The number of urea groups is 1. The number of halogens is 1. The van der Waals surface area contributed by atoms with Crippen LogP contribution >= 0.6 is 0 Å². The molecule has 0 unspecified atom stereocenters. The zero-order chi connectivity index (χ0) is 18.0. The maximum Gasteiger partial charge on any atom is 0.321 e. The topological polar surface area (TPSA) is 86.8 Å². The van der Waals surface area contributed by atoms with Gasteiger partial charge in [0, 0.05) is 31.9 Å². The Hall–Kier alpha value is -2.16. The summed E-state index contributed by atoms with van der Waals surface area (Å²) in [4.78, 5) is 27.8. The summed E-state index contributed by atoms with van der Waals surface area (Å²) < 4.78 is 35.9. The van der Waals surface area contributed by atoms with E-state index in [1.807, 2.05) is 0 Å². The average Bonchev–Trinajstić information content (AvgIpc) is 2.96. The fraction of sp³-hybridized carbons (Fsp3) is 0.500. The number of rotatable bonds is 2. The Morgan fingerprint density at radius 2 is 1.64 bits per heavy atom. The second kappa shape index (κ2) is 6.99. The molecule has 7 nitrogen and oxygen atoms in total. The van der Waals surface area contributed by atoms with E-state index >= 15 is 0 Å². The minimum absolute atomic E-state index is 0.0723. The molecule has 2 saturated heterocycles. The molecule has 1 aromatic rings. The van der Waals surface area contributed by atoms with Crippen molar-refractivity contribution in [3.05, 3.63) is 30.1 Å². The molecule has 2 heterocycles. The Kier molecular flexibility index (Phi) is 4.94. The lowest BCUT2D eigenvalue weighted by Crippen LogP contribution is -2.53. The average molecular weight is 369 g/mol. The number of benzene rings is 1. The predicted octanol–water partition coefficient (Wildman–Crippen LogP) is 0.936. The van der Waals surface area contributed by atoms with Crippen molar-refractivity contribution in [3.63, 3.8) is 0 Å². The van der Waals surface area contributed by atoms with Gasteiger partial charge in [-0.15, -0.1) is 0 Å². The molecule has 1 atom stereocenters. The van der Waals surface area contributed by atoms with Gasteiger partial charge >= 0.3 is 6.03 Å². The van der Waals surface area contributed by atoms with Crippen molar-refractivity contribution in [2.75, 3.05) is 43.0 Å². The highest BCUT2D eigenvalue weighted by Gasteiger charge is 2.36. The summed E-state index contributed by atoms with van der Waals surface area (Å²) >= 11 is 0. The number of nitrogens with one attached hydrogen (secondary N) is 1. The molecule has 25 heavy (non-hydrogen) atoms. The van der Waals surface area contributed by atoms with Crippen molar-refractivity contribution in [1.82, 2.24) is 9.80 Å². The zero-order valence-electron chi connectivity index (χ0n) is 13.7. The Bertz CT molecular complexity index is 758. The third kappa shape index (κ3) is 4.28. The van der Waals surface area contributed by atoms with Gasteiger partial charge in [-0.1, -0.05) is 0 Å². The van der Waals surface area contributed by atoms with Gasteiger partial charge in [0.05, 0.1) is 17.4 Å². The Balaban J connectivity index is 1.50. The van der Waals surface area contributed by atoms with Gasteiger partial charge in [0.2, 0.25) is 5.91 Å². The standard InChI is InChI=1S/C16H20FN3O4S/c17-13-1-3-14(4-2-13)18-16(22)20-8-6-19(7-9-20)15(21)12-5-10-25(23,24)11-12/h1-4,12H,5-11H2,(H,18,22)/t12-/m1/s1. The van der Waals surface area contributed by atoms with Crippen LogP contribution < -0.4 is 5.32 Å². The molecule has 0 aliphatic carbocycles. The van der Waals surface area contributed by atoms with Crippen LogP contribution in [0.3, 0.4) is 0 Å². The summed E-state index contributed by atoms with van der Waals surface area (Å²) in [6.07, 6.45) is 0.381. The molecule has 3 rings (SSSR count). The van der Waals surface area contributed by atoms with Crippen molar-refractivity contribution in [3.8, 4) is 0 Å². The number of carbonyl (C=O) groups is 2. The van der Waals surface area contributed by atoms with Crippen LogP contribution in [0.1, 0.15) is 6.42 Å². The molecular weight excluding hydrogens is 349 g/mol. The van der Waals surface area contributed by atoms with Gasteiger partial charge in [0.15, 0.2) is 9.84 Å². The van der Waals surface area contributed by atoms with E-state index in [1.165, 1.54) is 24.3 Å². The van der Waals surface area contributed by atoms with Gasteiger partial charge < -0.3 is 15.1 Å². The lowest BCUT2D eigenvalue weighted by atomic mass is 10.1. The van der Waals surface area contributed by atoms with E-state index in [2.05, 4.69) is 5.32 Å². The number of nitrogens with zero attached hydrogens (tertiary/aromatic N) is 2. The van der Waals surface area contributed by atoms with Crippen LogP contribution in [-0.2, 0) is 14.6 Å². The summed E-state index contributed by atoms with van der Waals surface area (Å²) in [7, 11) is -3.09. The molecular formula is C16H20FN3O4S. The van der Waals surface area contributed by atoms with Crippen LogP contribution in [0.15, 0.2) is 24.3 Å². The highest BCUT2D eigenvalue weighted by molar-refractivity contribution is 7.91. The summed E-state index contributed by atoms with van der Waals surface area (Å²) in [6, 6.07) is 5.19. The fourth-order valence-electron chi connectivity index (χ4n) is 3.11. The molecule has 1 aromatic carbocycles. The third-order valence-electron chi connectivity index (χ3n) is 4.56. The zero-order valence-corrected chi connectivity index (χ0v) is 14.5. The molecule has 3 amide bonds. The van der Waals surface area contributed by atoms with Gasteiger partial charge in [0.1, 0.15) is 5.82 Å². The van der Waals surface area contributed by atoms with E-state index in [-0.39, 0.29) is 29.3 Å². The smallest absolute Gasteiger partial charge is 0.321 e. The second-order valence-electron chi connectivity index (χ2n) is 6.35. The fourth-order valence-corrected chi connectivity index (χ4v) is 4.85. The lowest BCUT2D eigenvalue weighted by Gasteiger charge is -2.35. The Morgan fingerprint density at radius 3 is 2.20 bits per heavy atom. The van der Waals surface area contributed by atoms with Gasteiger partial charge in [-0.3, -0.25) is 4.79 Å². The number of piperazine rings is 1. The SMILES string of the molecule is O=C(Nc1ccc(F)cc1)N1CCN(C(=O)[C@@H]2CCS(=O)(=O)C2)CC1. The van der Waals surface area contributed by atoms with E-state index < -0.39 is 15.8 Å².